The van der Waals surface area contributed by atoms with E-state index in [2.05, 4.69) is 10.3 Å². The third-order valence-corrected chi connectivity index (χ3v) is 0.732. The van der Waals surface area contributed by atoms with Crippen molar-refractivity contribution in [3.05, 3.63) is 24.3 Å². The van der Waals surface area contributed by atoms with Crippen molar-refractivity contribution >= 4 is 6.21 Å². The maximum Gasteiger partial charge on any atom is 0.119 e. The summed E-state index contributed by atoms with van der Waals surface area (Å²) in [5.74, 6) is 0.565. The average Bonchev–Trinajstić information content (AvgIpc) is 1.94. The molecule has 0 aromatic rings. The van der Waals surface area contributed by atoms with Gasteiger partial charge in [-0.2, -0.15) is 0 Å². The molecule has 1 aliphatic rings. The van der Waals surface area contributed by atoms with Crippen LogP contribution in [-0.4, -0.2) is 6.21 Å². The molecule has 0 aliphatic carbocycles. The third kappa shape index (κ3) is 1.11. The number of nitrogens with one attached hydrogen (secondary N) is 1. The number of nitrogens with zero attached hydrogens (tertiary/aromatic N) is 1. The largest absolute Gasteiger partial charge is 0.384 e. The second-order valence-electron chi connectivity index (χ2n) is 1.39. The van der Waals surface area contributed by atoms with Gasteiger partial charge in [-0.05, 0) is 6.08 Å². The van der Waals surface area contributed by atoms with Crippen LogP contribution in [0.3, 0.4) is 0 Å². The van der Waals surface area contributed by atoms with E-state index in [0.717, 1.165) is 0 Å². The monoisotopic (exact) mass is 109 g/mol. The number of rotatable bonds is 0. The van der Waals surface area contributed by atoms with E-state index >= 15 is 0 Å². The van der Waals surface area contributed by atoms with Gasteiger partial charge in [0.2, 0.25) is 0 Å². The van der Waals surface area contributed by atoms with Crippen LogP contribution < -0.4 is 11.1 Å². The average molecular weight is 109 g/mol. The Balaban J connectivity index is 2.69. The molecule has 3 nitrogen and oxygen atoms in total. The summed E-state index contributed by atoms with van der Waals surface area (Å²) in [6, 6.07) is 0. The van der Waals surface area contributed by atoms with Crippen molar-refractivity contribution in [2.24, 2.45) is 10.7 Å². The van der Waals surface area contributed by atoms with Crippen molar-refractivity contribution in [1.29, 1.82) is 0 Å². The van der Waals surface area contributed by atoms with Gasteiger partial charge in [0.1, 0.15) is 5.82 Å². The van der Waals surface area contributed by atoms with Crippen LogP contribution in [0.4, 0.5) is 0 Å². The smallest absolute Gasteiger partial charge is 0.119 e. The Morgan fingerprint density at radius 1 is 1.62 bits per heavy atom. The first kappa shape index (κ1) is 4.90. The summed E-state index contributed by atoms with van der Waals surface area (Å²) in [7, 11) is 0. The van der Waals surface area contributed by atoms with Crippen LogP contribution in [0.5, 0.6) is 0 Å². The first-order valence-corrected chi connectivity index (χ1v) is 2.30. The van der Waals surface area contributed by atoms with Crippen LogP contribution in [0.1, 0.15) is 0 Å². The molecule has 0 unspecified atom stereocenters. The molecule has 3 N–H and O–H groups in total. The number of hydrogen-bond donors (Lipinski definition) is 2. The van der Waals surface area contributed by atoms with E-state index in [4.69, 9.17) is 5.73 Å². The number of hydrogen-bond acceptors (Lipinski definition) is 3. The predicted octanol–water partition coefficient (Wildman–Crippen LogP) is -0.0683. The molecule has 1 heterocycles. The topological polar surface area (TPSA) is 50.4 Å². The second-order valence-corrected chi connectivity index (χ2v) is 1.39. The summed E-state index contributed by atoms with van der Waals surface area (Å²) in [5, 5.41) is 2.78. The molecule has 0 radical (unpaired) electrons. The van der Waals surface area contributed by atoms with E-state index in [9.17, 15) is 0 Å². The van der Waals surface area contributed by atoms with E-state index in [1.54, 1.807) is 24.7 Å². The van der Waals surface area contributed by atoms with Crippen LogP contribution in [0, 0.1) is 0 Å². The van der Waals surface area contributed by atoms with Crippen molar-refractivity contribution in [3.8, 4) is 0 Å². The highest BCUT2D eigenvalue weighted by molar-refractivity contribution is 5.71. The van der Waals surface area contributed by atoms with Gasteiger partial charge in [-0.25, -0.2) is 0 Å². The van der Waals surface area contributed by atoms with Gasteiger partial charge in [0, 0.05) is 12.4 Å². The molecule has 1 rings (SSSR count). The lowest BCUT2D eigenvalue weighted by Gasteiger charge is -1.92. The van der Waals surface area contributed by atoms with Crippen LogP contribution in [0.2, 0.25) is 0 Å². The SMILES string of the molecule is NC1=CN=CC=CN1. The maximum absolute atomic E-state index is 5.32. The predicted molar refractivity (Wildman–Crippen MR) is 33.0 cm³/mol. The summed E-state index contributed by atoms with van der Waals surface area (Å²) in [5.41, 5.74) is 5.32. The summed E-state index contributed by atoms with van der Waals surface area (Å²) in [6.07, 6.45) is 6.71. The molecule has 0 aromatic carbocycles. The molecule has 0 saturated carbocycles. The van der Waals surface area contributed by atoms with Gasteiger partial charge in [-0.1, -0.05) is 0 Å². The molecule has 0 fully saturated rings. The molecule has 0 amide bonds. The highest BCUT2D eigenvalue weighted by Crippen LogP contribution is 1.82. The first-order chi connectivity index (χ1) is 3.89. The highest BCUT2D eigenvalue weighted by atomic mass is 15.0. The van der Waals surface area contributed by atoms with Gasteiger partial charge in [-0.15, -0.1) is 0 Å². The Morgan fingerprint density at radius 3 is 3.38 bits per heavy atom. The van der Waals surface area contributed by atoms with Crippen molar-refractivity contribution in [1.82, 2.24) is 5.32 Å². The maximum atomic E-state index is 5.32. The highest BCUT2D eigenvalue weighted by Gasteiger charge is 1.81. The van der Waals surface area contributed by atoms with Gasteiger partial charge >= 0.3 is 0 Å². The Labute approximate surface area is 47.6 Å². The van der Waals surface area contributed by atoms with Gasteiger partial charge < -0.3 is 11.1 Å². The number of allylic oxidation sites excluding steroid dienone is 1. The molecule has 0 atom stereocenters. The zero-order chi connectivity index (χ0) is 5.82. The van der Waals surface area contributed by atoms with E-state index < -0.39 is 0 Å². The molecular formula is C5H7N3. The lowest BCUT2D eigenvalue weighted by molar-refractivity contribution is 1.02. The van der Waals surface area contributed by atoms with Gasteiger partial charge in [0.15, 0.2) is 0 Å². The summed E-state index contributed by atoms with van der Waals surface area (Å²) in [4.78, 5) is 3.79. The number of nitrogens with two attached hydrogens (primary N) is 1. The van der Waals surface area contributed by atoms with Gasteiger partial charge in [0.05, 0.1) is 6.20 Å². The molecule has 0 saturated heterocycles. The molecule has 0 bridgehead atoms. The fraction of sp³-hybridized carbons (Fsp3) is 0. The summed E-state index contributed by atoms with van der Waals surface area (Å²) in [6.45, 7) is 0. The third-order valence-electron chi connectivity index (χ3n) is 0.732. The zero-order valence-corrected chi connectivity index (χ0v) is 4.33. The zero-order valence-electron chi connectivity index (χ0n) is 4.33. The van der Waals surface area contributed by atoms with Crippen molar-refractivity contribution in [2.45, 2.75) is 0 Å². The molecule has 1 aliphatic heterocycles. The van der Waals surface area contributed by atoms with Crippen molar-refractivity contribution in [2.75, 3.05) is 0 Å². The van der Waals surface area contributed by atoms with Crippen molar-refractivity contribution < 1.29 is 0 Å². The van der Waals surface area contributed by atoms with Crippen LogP contribution >= 0.6 is 0 Å². The van der Waals surface area contributed by atoms with Crippen LogP contribution in [0.25, 0.3) is 0 Å². The van der Waals surface area contributed by atoms with Crippen LogP contribution in [-0.2, 0) is 0 Å². The Kier molecular flexibility index (Phi) is 1.32. The van der Waals surface area contributed by atoms with Crippen molar-refractivity contribution in [3.63, 3.8) is 0 Å². The van der Waals surface area contributed by atoms with Crippen LogP contribution in [0.15, 0.2) is 29.3 Å². The van der Waals surface area contributed by atoms with Gasteiger partial charge in [-0.3, -0.25) is 4.99 Å². The molecule has 42 valence electrons. The minimum Gasteiger partial charge on any atom is -0.384 e. The molecule has 0 spiro atoms. The molecule has 3 heteroatoms. The fourth-order valence-corrected chi connectivity index (χ4v) is 0.398. The quantitative estimate of drug-likeness (QED) is 0.457. The molecule has 8 heavy (non-hydrogen) atoms. The Morgan fingerprint density at radius 2 is 2.50 bits per heavy atom. The lowest BCUT2D eigenvalue weighted by atomic mass is 10.7. The summed E-state index contributed by atoms with van der Waals surface area (Å²) >= 11 is 0. The number of aliphatic imine (C=N–C) groups is 1. The minimum atomic E-state index is 0.565. The van der Waals surface area contributed by atoms with E-state index in [0.29, 0.717) is 5.82 Å². The summed E-state index contributed by atoms with van der Waals surface area (Å²) < 4.78 is 0. The fourth-order valence-electron chi connectivity index (χ4n) is 0.398. The Bertz CT molecular complexity index is 155. The molecular weight excluding hydrogens is 102 g/mol. The lowest BCUT2D eigenvalue weighted by Crippen LogP contribution is -2.12. The standard InChI is InChI=1S/C5H7N3/c6-5-4-7-2-1-3-8-5/h1-4,8H,6H2. The minimum absolute atomic E-state index is 0.565. The van der Waals surface area contributed by atoms with Gasteiger partial charge in [0.25, 0.3) is 0 Å². The van der Waals surface area contributed by atoms with E-state index in [1.165, 1.54) is 0 Å². The second kappa shape index (κ2) is 2.16. The first-order valence-electron chi connectivity index (χ1n) is 2.30. The van der Waals surface area contributed by atoms with E-state index in [-0.39, 0.29) is 0 Å². The van der Waals surface area contributed by atoms with E-state index in [1.807, 2.05) is 0 Å². The molecule has 0 aromatic heterocycles. The normalized spacial score (nSPS) is 16.8. The Hall–Kier alpha value is -1.25.